The molecule has 0 unspecified atom stereocenters. The highest BCUT2D eigenvalue weighted by Gasteiger charge is 2.06. The molecular formula is C17H14Cl2N4. The van der Waals surface area contributed by atoms with E-state index in [1.807, 2.05) is 26.2 Å². The second-order valence-corrected chi connectivity index (χ2v) is 5.77. The Kier molecular flexibility index (Phi) is 5.75. The predicted molar refractivity (Wildman–Crippen MR) is 96.7 cm³/mol. The second-order valence-electron chi connectivity index (χ2n) is 4.96. The van der Waals surface area contributed by atoms with Crippen molar-refractivity contribution in [1.82, 2.24) is 4.90 Å². The van der Waals surface area contributed by atoms with E-state index in [1.54, 1.807) is 41.7 Å². The fraction of sp³-hybridized carbons (Fsp3) is 0.118. The Bertz CT molecular complexity index is 764. The van der Waals surface area contributed by atoms with Crippen molar-refractivity contribution in [1.29, 1.82) is 5.26 Å². The zero-order chi connectivity index (χ0) is 16.8. The van der Waals surface area contributed by atoms with Crippen LogP contribution in [0.15, 0.2) is 46.4 Å². The summed E-state index contributed by atoms with van der Waals surface area (Å²) in [5.41, 5.74) is 2.63. The Morgan fingerprint density at radius 2 is 1.65 bits per heavy atom. The Labute approximate surface area is 145 Å². The fourth-order valence-electron chi connectivity index (χ4n) is 1.72. The average Bonchev–Trinajstić information content (AvgIpc) is 2.52. The molecule has 2 rings (SSSR count). The van der Waals surface area contributed by atoms with Gasteiger partial charge in [-0.15, -0.1) is 0 Å². The van der Waals surface area contributed by atoms with Crippen molar-refractivity contribution in [3.63, 3.8) is 0 Å². The largest absolute Gasteiger partial charge is 0.369 e. The molecule has 0 aliphatic rings. The van der Waals surface area contributed by atoms with Crippen molar-refractivity contribution in [3.8, 4) is 6.07 Å². The van der Waals surface area contributed by atoms with Crippen LogP contribution in [0.3, 0.4) is 0 Å². The first-order chi connectivity index (χ1) is 11.0. The van der Waals surface area contributed by atoms with Gasteiger partial charge in [0, 0.05) is 20.3 Å². The van der Waals surface area contributed by atoms with Crippen LogP contribution in [0.2, 0.25) is 10.0 Å². The highest BCUT2D eigenvalue weighted by Crippen LogP contribution is 2.36. The molecule has 0 N–H and O–H groups in total. The second kappa shape index (κ2) is 7.77. The van der Waals surface area contributed by atoms with E-state index in [9.17, 15) is 0 Å². The number of nitriles is 1. The van der Waals surface area contributed by atoms with Gasteiger partial charge in [0.15, 0.2) is 0 Å². The van der Waals surface area contributed by atoms with E-state index in [4.69, 9.17) is 28.5 Å². The molecule has 0 bridgehead atoms. The van der Waals surface area contributed by atoms with Crippen LogP contribution in [0.25, 0.3) is 0 Å². The first kappa shape index (κ1) is 17.0. The maximum Gasteiger partial charge on any atom is 0.102 e. The van der Waals surface area contributed by atoms with E-state index in [0.717, 1.165) is 5.56 Å². The SMILES string of the molecule is CN(C)/C=N\c1c(Cl)cc(/N=C/c2ccc(C#N)cc2)cc1Cl. The molecule has 0 radical (unpaired) electrons. The smallest absolute Gasteiger partial charge is 0.102 e. The third-order valence-electron chi connectivity index (χ3n) is 2.82. The molecule has 0 atom stereocenters. The summed E-state index contributed by atoms with van der Waals surface area (Å²) in [4.78, 5) is 10.4. The number of halogens is 2. The maximum atomic E-state index is 8.77. The molecule has 0 amide bonds. The molecule has 0 saturated carbocycles. The number of rotatable bonds is 4. The molecule has 23 heavy (non-hydrogen) atoms. The van der Waals surface area contributed by atoms with Gasteiger partial charge in [0.05, 0.1) is 33.7 Å². The molecule has 0 aliphatic heterocycles. The summed E-state index contributed by atoms with van der Waals surface area (Å²) in [7, 11) is 3.73. The molecule has 0 heterocycles. The minimum absolute atomic E-state index is 0.433. The summed E-state index contributed by atoms with van der Waals surface area (Å²) >= 11 is 12.4. The third-order valence-corrected chi connectivity index (χ3v) is 3.40. The normalized spacial score (nSPS) is 11.1. The Morgan fingerprint density at radius 3 is 2.17 bits per heavy atom. The van der Waals surface area contributed by atoms with Gasteiger partial charge in [0.1, 0.15) is 5.69 Å². The van der Waals surface area contributed by atoms with Gasteiger partial charge in [-0.25, -0.2) is 4.99 Å². The Hall–Kier alpha value is -2.35. The summed E-state index contributed by atoms with van der Waals surface area (Å²) in [5.74, 6) is 0. The summed E-state index contributed by atoms with van der Waals surface area (Å²) in [6, 6.07) is 12.6. The zero-order valence-electron chi connectivity index (χ0n) is 12.7. The first-order valence-electron chi connectivity index (χ1n) is 6.73. The van der Waals surface area contributed by atoms with Crippen molar-refractivity contribution in [2.24, 2.45) is 9.98 Å². The van der Waals surface area contributed by atoms with Gasteiger partial charge in [-0.05, 0) is 29.8 Å². The van der Waals surface area contributed by atoms with Crippen molar-refractivity contribution in [2.45, 2.75) is 0 Å². The lowest BCUT2D eigenvalue weighted by molar-refractivity contribution is 0.643. The minimum Gasteiger partial charge on any atom is -0.369 e. The van der Waals surface area contributed by atoms with Crippen LogP contribution >= 0.6 is 23.2 Å². The van der Waals surface area contributed by atoms with Crippen LogP contribution in [0.4, 0.5) is 11.4 Å². The van der Waals surface area contributed by atoms with E-state index in [1.165, 1.54) is 0 Å². The van der Waals surface area contributed by atoms with Gasteiger partial charge in [-0.2, -0.15) is 5.26 Å². The van der Waals surface area contributed by atoms with Crippen LogP contribution in [0.5, 0.6) is 0 Å². The Balaban J connectivity index is 2.24. The molecule has 0 aliphatic carbocycles. The van der Waals surface area contributed by atoms with Gasteiger partial charge in [0.2, 0.25) is 0 Å². The molecule has 4 nitrogen and oxygen atoms in total. The maximum absolute atomic E-state index is 8.77. The van der Waals surface area contributed by atoms with Gasteiger partial charge in [-0.3, -0.25) is 4.99 Å². The van der Waals surface area contributed by atoms with E-state index in [-0.39, 0.29) is 0 Å². The minimum atomic E-state index is 0.433. The number of aliphatic imine (C=N–C) groups is 2. The van der Waals surface area contributed by atoms with Crippen molar-refractivity contribution in [3.05, 3.63) is 57.6 Å². The highest BCUT2D eigenvalue weighted by atomic mass is 35.5. The molecular weight excluding hydrogens is 331 g/mol. The van der Waals surface area contributed by atoms with E-state index < -0.39 is 0 Å². The molecule has 0 spiro atoms. The van der Waals surface area contributed by atoms with E-state index >= 15 is 0 Å². The lowest BCUT2D eigenvalue weighted by Crippen LogP contribution is -2.07. The Morgan fingerprint density at radius 1 is 1.04 bits per heavy atom. The topological polar surface area (TPSA) is 51.8 Å². The molecule has 0 aromatic heterocycles. The van der Waals surface area contributed by atoms with Gasteiger partial charge in [0.25, 0.3) is 0 Å². The number of benzene rings is 2. The monoisotopic (exact) mass is 344 g/mol. The molecule has 6 heteroatoms. The van der Waals surface area contributed by atoms with Crippen LogP contribution in [0.1, 0.15) is 11.1 Å². The number of hydrogen-bond donors (Lipinski definition) is 0. The summed E-state index contributed by atoms with van der Waals surface area (Å²) in [6.45, 7) is 0. The highest BCUT2D eigenvalue weighted by molar-refractivity contribution is 6.39. The predicted octanol–water partition coefficient (Wildman–Crippen LogP) is 4.84. The summed E-state index contributed by atoms with van der Waals surface area (Å²) in [5, 5.41) is 9.64. The number of nitrogens with zero attached hydrogens (tertiary/aromatic N) is 4. The van der Waals surface area contributed by atoms with Crippen molar-refractivity contribution < 1.29 is 0 Å². The quantitative estimate of drug-likeness (QED) is 0.588. The van der Waals surface area contributed by atoms with Crippen LogP contribution in [0, 0.1) is 11.3 Å². The molecule has 0 fully saturated rings. The van der Waals surface area contributed by atoms with E-state index in [0.29, 0.717) is 27.0 Å². The van der Waals surface area contributed by atoms with Crippen molar-refractivity contribution in [2.75, 3.05) is 14.1 Å². The number of hydrogen-bond acceptors (Lipinski definition) is 3. The van der Waals surface area contributed by atoms with E-state index in [2.05, 4.69) is 16.1 Å². The lowest BCUT2D eigenvalue weighted by atomic mass is 10.2. The molecule has 2 aromatic carbocycles. The molecule has 0 saturated heterocycles. The average molecular weight is 345 g/mol. The fourth-order valence-corrected chi connectivity index (χ4v) is 2.29. The van der Waals surface area contributed by atoms with Crippen LogP contribution in [-0.4, -0.2) is 31.5 Å². The lowest BCUT2D eigenvalue weighted by Gasteiger charge is -2.06. The van der Waals surface area contributed by atoms with Gasteiger partial charge >= 0.3 is 0 Å². The van der Waals surface area contributed by atoms with Crippen LogP contribution < -0.4 is 0 Å². The van der Waals surface area contributed by atoms with Crippen molar-refractivity contribution >= 4 is 47.1 Å². The first-order valence-corrected chi connectivity index (χ1v) is 7.49. The molecule has 2 aromatic rings. The summed E-state index contributed by atoms with van der Waals surface area (Å²) < 4.78 is 0. The summed E-state index contributed by atoms with van der Waals surface area (Å²) in [6.07, 6.45) is 3.32. The third kappa shape index (κ3) is 4.82. The van der Waals surface area contributed by atoms with Crippen LogP contribution in [-0.2, 0) is 0 Å². The standard InChI is InChI=1S/C17H14Cl2N4/c1-23(2)11-22-17-15(18)7-14(8-16(17)19)21-10-13-5-3-12(9-20)4-6-13/h3-8,10-11H,1-2H3/b21-10+,22-11-. The van der Waals surface area contributed by atoms with Gasteiger partial charge < -0.3 is 4.90 Å². The zero-order valence-corrected chi connectivity index (χ0v) is 14.2. The van der Waals surface area contributed by atoms with Gasteiger partial charge in [-0.1, -0.05) is 35.3 Å². The molecule has 116 valence electrons.